The Morgan fingerprint density at radius 3 is 2.85 bits per heavy atom. The molecule has 1 N–H and O–H groups in total. The highest BCUT2D eigenvalue weighted by Crippen LogP contribution is 2.32. The summed E-state index contributed by atoms with van der Waals surface area (Å²) in [6.45, 7) is 0.693. The SMILES string of the molecule is O=C(CCc1ccc(F)c(F)c1)N1CCCC1c1nc2ccccc2[nH]1. The highest BCUT2D eigenvalue weighted by atomic mass is 19.2. The molecule has 1 unspecified atom stereocenters. The van der Waals surface area contributed by atoms with Crippen LogP contribution in [0.3, 0.4) is 0 Å². The van der Waals surface area contributed by atoms with Gasteiger partial charge in [-0.1, -0.05) is 18.2 Å². The number of hydrogen-bond acceptors (Lipinski definition) is 2. The molecule has 0 bridgehead atoms. The van der Waals surface area contributed by atoms with Crippen LogP contribution >= 0.6 is 0 Å². The van der Waals surface area contributed by atoms with Gasteiger partial charge in [0.25, 0.3) is 0 Å². The zero-order chi connectivity index (χ0) is 18.1. The summed E-state index contributed by atoms with van der Waals surface area (Å²) in [6, 6.07) is 11.5. The molecule has 0 spiro atoms. The molecule has 3 aromatic rings. The van der Waals surface area contributed by atoms with E-state index in [4.69, 9.17) is 0 Å². The van der Waals surface area contributed by atoms with E-state index in [1.165, 1.54) is 6.07 Å². The monoisotopic (exact) mass is 355 g/mol. The Hall–Kier alpha value is -2.76. The second-order valence-corrected chi connectivity index (χ2v) is 6.63. The van der Waals surface area contributed by atoms with Gasteiger partial charge in [-0.25, -0.2) is 13.8 Å². The lowest BCUT2D eigenvalue weighted by Gasteiger charge is -2.23. The lowest BCUT2D eigenvalue weighted by Crippen LogP contribution is -2.31. The smallest absolute Gasteiger partial charge is 0.223 e. The van der Waals surface area contributed by atoms with Gasteiger partial charge in [0.1, 0.15) is 5.82 Å². The Morgan fingerprint density at radius 2 is 2.04 bits per heavy atom. The van der Waals surface area contributed by atoms with Crippen molar-refractivity contribution in [2.45, 2.75) is 31.7 Å². The van der Waals surface area contributed by atoms with E-state index in [0.29, 0.717) is 18.5 Å². The first-order valence-electron chi connectivity index (χ1n) is 8.80. The molecule has 1 aliphatic rings. The number of nitrogens with zero attached hydrogens (tertiary/aromatic N) is 2. The van der Waals surface area contributed by atoms with E-state index in [-0.39, 0.29) is 18.4 Å². The van der Waals surface area contributed by atoms with Crippen molar-refractivity contribution in [3.63, 3.8) is 0 Å². The third-order valence-corrected chi connectivity index (χ3v) is 4.91. The lowest BCUT2D eigenvalue weighted by atomic mass is 10.1. The number of H-pyrrole nitrogens is 1. The molecule has 1 fully saturated rings. The highest BCUT2D eigenvalue weighted by molar-refractivity contribution is 5.78. The molecule has 4 rings (SSSR count). The molecule has 1 aromatic heterocycles. The van der Waals surface area contributed by atoms with Crippen molar-refractivity contribution in [3.05, 3.63) is 65.5 Å². The van der Waals surface area contributed by atoms with Crippen molar-refractivity contribution < 1.29 is 13.6 Å². The number of hydrogen-bond donors (Lipinski definition) is 1. The summed E-state index contributed by atoms with van der Waals surface area (Å²) in [4.78, 5) is 22.5. The van der Waals surface area contributed by atoms with Crippen LogP contribution in [0.1, 0.15) is 36.7 Å². The highest BCUT2D eigenvalue weighted by Gasteiger charge is 2.31. The van der Waals surface area contributed by atoms with Crippen LogP contribution in [0.2, 0.25) is 0 Å². The fourth-order valence-electron chi connectivity index (χ4n) is 3.57. The summed E-state index contributed by atoms with van der Waals surface area (Å²) in [5.74, 6) is -0.927. The van der Waals surface area contributed by atoms with Crippen LogP contribution in [0.5, 0.6) is 0 Å². The number of likely N-dealkylation sites (tertiary alicyclic amines) is 1. The Kier molecular flexibility index (Phi) is 4.41. The van der Waals surface area contributed by atoms with Crippen LogP contribution in [0.25, 0.3) is 11.0 Å². The van der Waals surface area contributed by atoms with Gasteiger partial charge in [-0.2, -0.15) is 0 Å². The van der Waals surface area contributed by atoms with Crippen molar-refractivity contribution in [2.75, 3.05) is 6.54 Å². The minimum Gasteiger partial charge on any atom is -0.340 e. The summed E-state index contributed by atoms with van der Waals surface area (Å²) in [5, 5.41) is 0. The Bertz CT molecular complexity index is 920. The molecule has 1 saturated heterocycles. The zero-order valence-electron chi connectivity index (χ0n) is 14.2. The number of aromatic amines is 1. The first-order valence-corrected chi connectivity index (χ1v) is 8.80. The van der Waals surface area contributed by atoms with Crippen molar-refractivity contribution in [2.24, 2.45) is 0 Å². The molecule has 4 nitrogen and oxygen atoms in total. The number of carbonyl (C=O) groups excluding carboxylic acids is 1. The Balaban J connectivity index is 1.47. The van der Waals surface area contributed by atoms with Gasteiger partial charge < -0.3 is 9.88 Å². The number of para-hydroxylation sites is 2. The third-order valence-electron chi connectivity index (χ3n) is 4.91. The van der Waals surface area contributed by atoms with Crippen molar-refractivity contribution in [1.82, 2.24) is 14.9 Å². The molecule has 1 atom stereocenters. The number of fused-ring (bicyclic) bond motifs is 1. The van der Waals surface area contributed by atoms with E-state index in [1.54, 1.807) is 0 Å². The summed E-state index contributed by atoms with van der Waals surface area (Å²) in [7, 11) is 0. The average Bonchev–Trinajstić information content (AvgIpc) is 3.28. The molecule has 2 heterocycles. The number of imidazole rings is 1. The molecule has 134 valence electrons. The molecule has 0 radical (unpaired) electrons. The van der Waals surface area contributed by atoms with Crippen molar-refractivity contribution in [1.29, 1.82) is 0 Å². The molecule has 2 aromatic carbocycles. The van der Waals surface area contributed by atoms with Crippen LogP contribution in [0.4, 0.5) is 8.78 Å². The van der Waals surface area contributed by atoms with E-state index in [0.717, 1.165) is 41.8 Å². The van der Waals surface area contributed by atoms with Crippen LogP contribution in [-0.2, 0) is 11.2 Å². The van der Waals surface area contributed by atoms with Crippen LogP contribution in [0, 0.1) is 11.6 Å². The Morgan fingerprint density at radius 1 is 1.19 bits per heavy atom. The maximum absolute atomic E-state index is 13.3. The number of benzene rings is 2. The quantitative estimate of drug-likeness (QED) is 0.765. The predicted molar refractivity (Wildman–Crippen MR) is 94.5 cm³/mol. The fraction of sp³-hybridized carbons (Fsp3) is 0.300. The number of halogens is 2. The number of aromatic nitrogens is 2. The van der Waals surface area contributed by atoms with Gasteiger partial charge in [-0.15, -0.1) is 0 Å². The van der Waals surface area contributed by atoms with Gasteiger partial charge in [0, 0.05) is 13.0 Å². The van der Waals surface area contributed by atoms with E-state index < -0.39 is 11.6 Å². The summed E-state index contributed by atoms with van der Waals surface area (Å²) in [5.41, 5.74) is 2.48. The van der Waals surface area contributed by atoms with Gasteiger partial charge in [0.2, 0.25) is 5.91 Å². The van der Waals surface area contributed by atoms with Gasteiger partial charge >= 0.3 is 0 Å². The third kappa shape index (κ3) is 3.19. The number of amides is 1. The number of rotatable bonds is 4. The summed E-state index contributed by atoms with van der Waals surface area (Å²) < 4.78 is 26.3. The molecule has 0 saturated carbocycles. The maximum atomic E-state index is 13.3. The fourth-order valence-corrected chi connectivity index (χ4v) is 3.57. The molecule has 0 aliphatic carbocycles. The minimum absolute atomic E-state index is 0.0117. The largest absolute Gasteiger partial charge is 0.340 e. The molecular formula is C20H19F2N3O. The van der Waals surface area contributed by atoms with E-state index in [9.17, 15) is 13.6 Å². The second-order valence-electron chi connectivity index (χ2n) is 6.63. The molecule has 26 heavy (non-hydrogen) atoms. The van der Waals surface area contributed by atoms with Crippen LogP contribution in [0.15, 0.2) is 42.5 Å². The average molecular weight is 355 g/mol. The lowest BCUT2D eigenvalue weighted by molar-refractivity contribution is -0.132. The minimum atomic E-state index is -0.878. The molecule has 6 heteroatoms. The van der Waals surface area contributed by atoms with E-state index in [1.807, 2.05) is 29.2 Å². The van der Waals surface area contributed by atoms with Crippen molar-refractivity contribution in [3.8, 4) is 0 Å². The summed E-state index contributed by atoms with van der Waals surface area (Å²) >= 11 is 0. The van der Waals surface area contributed by atoms with Gasteiger partial charge in [-0.3, -0.25) is 4.79 Å². The summed E-state index contributed by atoms with van der Waals surface area (Å²) in [6.07, 6.45) is 2.45. The first-order chi connectivity index (χ1) is 12.6. The van der Waals surface area contributed by atoms with Gasteiger partial charge in [-0.05, 0) is 49.1 Å². The molecular weight excluding hydrogens is 336 g/mol. The predicted octanol–water partition coefficient (Wildman–Crippen LogP) is 4.14. The van der Waals surface area contributed by atoms with Gasteiger partial charge in [0.15, 0.2) is 11.6 Å². The number of aryl methyl sites for hydroxylation is 1. The normalized spacial score (nSPS) is 17.2. The molecule has 1 amide bonds. The number of carbonyl (C=O) groups is 1. The van der Waals surface area contributed by atoms with E-state index in [2.05, 4.69) is 9.97 Å². The van der Waals surface area contributed by atoms with Crippen LogP contribution < -0.4 is 0 Å². The van der Waals surface area contributed by atoms with Crippen molar-refractivity contribution >= 4 is 16.9 Å². The second kappa shape index (κ2) is 6.86. The topological polar surface area (TPSA) is 49.0 Å². The zero-order valence-corrected chi connectivity index (χ0v) is 14.2. The van der Waals surface area contributed by atoms with Crippen LogP contribution in [-0.4, -0.2) is 27.3 Å². The molecule has 1 aliphatic heterocycles. The Labute approximate surface area is 149 Å². The van der Waals surface area contributed by atoms with E-state index >= 15 is 0 Å². The first kappa shape index (κ1) is 16.7. The van der Waals surface area contributed by atoms with Gasteiger partial charge in [0.05, 0.1) is 17.1 Å². The standard InChI is InChI=1S/C20H19F2N3O/c21-14-9-7-13(12-15(14)22)8-10-19(26)25-11-3-6-18(25)20-23-16-4-1-2-5-17(16)24-20/h1-2,4-5,7,9,12,18H,3,6,8,10-11H2,(H,23,24). The maximum Gasteiger partial charge on any atom is 0.223 e. The number of nitrogens with one attached hydrogen (secondary N) is 1.